The number of methoxy groups -OCH3 is 2. The molecule has 2 fully saturated rings. The second-order valence-electron chi connectivity index (χ2n) is 8.34. The van der Waals surface area contributed by atoms with Crippen LogP contribution in [0.15, 0.2) is 53.7 Å². The molecular weight excluding hydrogens is 392 g/mol. The van der Waals surface area contributed by atoms with E-state index in [0.29, 0.717) is 19.3 Å². The molecule has 166 valence electrons. The number of hydrogen-bond donors (Lipinski definition) is 1. The molecule has 1 heterocycles. The van der Waals surface area contributed by atoms with Gasteiger partial charge >= 0.3 is 0 Å². The first kappa shape index (κ1) is 21.5. The van der Waals surface area contributed by atoms with E-state index >= 15 is 0 Å². The summed E-state index contributed by atoms with van der Waals surface area (Å²) in [4.78, 5) is 5.56. The van der Waals surface area contributed by atoms with Crippen molar-refractivity contribution in [1.82, 2.24) is 5.32 Å². The lowest BCUT2D eigenvalue weighted by Gasteiger charge is -2.39. The molecule has 0 radical (unpaired) electrons. The fourth-order valence-corrected chi connectivity index (χ4v) is 4.84. The first-order valence-electron chi connectivity index (χ1n) is 11.0. The molecule has 0 spiro atoms. The van der Waals surface area contributed by atoms with Gasteiger partial charge in [-0.15, -0.1) is 0 Å². The Morgan fingerprint density at radius 2 is 1.84 bits per heavy atom. The maximum Gasteiger partial charge on any atom is 0.160 e. The predicted molar refractivity (Wildman–Crippen MR) is 121 cm³/mol. The van der Waals surface area contributed by atoms with Gasteiger partial charge in [0.25, 0.3) is 0 Å². The molecule has 6 heteroatoms. The quantitative estimate of drug-likeness (QED) is 0.482. The van der Waals surface area contributed by atoms with Crippen molar-refractivity contribution in [3.8, 4) is 17.2 Å². The Balaban J connectivity index is 1.31. The normalized spacial score (nSPS) is 23.9. The molecule has 1 saturated carbocycles. The van der Waals surface area contributed by atoms with Gasteiger partial charge in [0.2, 0.25) is 0 Å². The summed E-state index contributed by atoms with van der Waals surface area (Å²) in [6, 6.07) is 16.5. The van der Waals surface area contributed by atoms with Crippen molar-refractivity contribution in [3.05, 3.63) is 54.1 Å². The highest BCUT2D eigenvalue weighted by atomic mass is 16.6. The van der Waals surface area contributed by atoms with Crippen molar-refractivity contribution in [2.24, 2.45) is 10.6 Å². The first-order chi connectivity index (χ1) is 15.2. The van der Waals surface area contributed by atoms with E-state index in [2.05, 4.69) is 22.6 Å². The molecule has 1 aliphatic heterocycles. The van der Waals surface area contributed by atoms with Crippen LogP contribution >= 0.6 is 0 Å². The molecule has 6 nitrogen and oxygen atoms in total. The number of fused-ring (bicyclic) bond motifs is 1. The molecule has 2 aliphatic rings. The van der Waals surface area contributed by atoms with Crippen LogP contribution in [0.2, 0.25) is 0 Å². The van der Waals surface area contributed by atoms with Crippen LogP contribution in [0.5, 0.6) is 17.2 Å². The van der Waals surface area contributed by atoms with E-state index in [0.717, 1.165) is 55.2 Å². The topological polar surface area (TPSA) is 61.3 Å². The SMILES string of the molecule is COc1ccc(C[C@@]23CCN[C@H]2CC(=NOCCOc2ccccc2)CC3)cc1OC. The fraction of sp³-hybridized carbons (Fsp3) is 0.480. The van der Waals surface area contributed by atoms with Crippen LogP contribution in [-0.2, 0) is 11.3 Å². The molecule has 2 atom stereocenters. The number of benzene rings is 2. The van der Waals surface area contributed by atoms with Crippen molar-refractivity contribution in [2.75, 3.05) is 34.0 Å². The van der Waals surface area contributed by atoms with Crippen LogP contribution in [0.1, 0.15) is 31.2 Å². The highest BCUT2D eigenvalue weighted by molar-refractivity contribution is 5.85. The third kappa shape index (κ3) is 5.13. The molecule has 0 aromatic heterocycles. The van der Waals surface area contributed by atoms with Gasteiger partial charge in [-0.1, -0.05) is 29.4 Å². The molecule has 31 heavy (non-hydrogen) atoms. The largest absolute Gasteiger partial charge is 0.493 e. The van der Waals surface area contributed by atoms with Crippen molar-refractivity contribution in [1.29, 1.82) is 0 Å². The van der Waals surface area contributed by atoms with E-state index in [1.807, 2.05) is 36.4 Å². The summed E-state index contributed by atoms with van der Waals surface area (Å²) in [6.07, 6.45) is 5.24. The zero-order chi connectivity index (χ0) is 21.5. The first-order valence-corrected chi connectivity index (χ1v) is 11.0. The number of rotatable bonds is 9. The third-order valence-electron chi connectivity index (χ3n) is 6.49. The van der Waals surface area contributed by atoms with Gasteiger partial charge in [-0.3, -0.25) is 0 Å². The number of hydrogen-bond acceptors (Lipinski definition) is 6. The highest BCUT2D eigenvalue weighted by Crippen LogP contribution is 2.45. The molecule has 0 bridgehead atoms. The Morgan fingerprint density at radius 3 is 2.65 bits per heavy atom. The van der Waals surface area contributed by atoms with Gasteiger partial charge in [0, 0.05) is 12.5 Å². The van der Waals surface area contributed by atoms with Gasteiger partial charge in [-0.05, 0) is 67.5 Å². The smallest absolute Gasteiger partial charge is 0.160 e. The minimum atomic E-state index is 0.259. The Morgan fingerprint density at radius 1 is 1.00 bits per heavy atom. The zero-order valence-electron chi connectivity index (χ0n) is 18.4. The van der Waals surface area contributed by atoms with E-state index in [1.54, 1.807) is 14.2 Å². The fourth-order valence-electron chi connectivity index (χ4n) is 4.84. The minimum absolute atomic E-state index is 0.259. The average molecular weight is 425 g/mol. The molecule has 2 aromatic carbocycles. The molecule has 1 aliphatic carbocycles. The molecule has 1 N–H and O–H groups in total. The van der Waals surface area contributed by atoms with Crippen molar-refractivity contribution in [2.45, 2.75) is 38.1 Å². The van der Waals surface area contributed by atoms with Gasteiger partial charge in [0.05, 0.1) is 19.9 Å². The second-order valence-corrected chi connectivity index (χ2v) is 8.34. The van der Waals surface area contributed by atoms with Crippen LogP contribution in [0.3, 0.4) is 0 Å². The maximum absolute atomic E-state index is 5.66. The number of nitrogens with zero attached hydrogens (tertiary/aromatic N) is 1. The Labute approximate surface area is 184 Å². The van der Waals surface area contributed by atoms with Gasteiger partial charge < -0.3 is 24.4 Å². The van der Waals surface area contributed by atoms with E-state index in [-0.39, 0.29) is 5.41 Å². The van der Waals surface area contributed by atoms with Gasteiger partial charge in [-0.25, -0.2) is 0 Å². The molecule has 0 unspecified atom stereocenters. The van der Waals surface area contributed by atoms with E-state index < -0.39 is 0 Å². The summed E-state index contributed by atoms with van der Waals surface area (Å²) in [5, 5.41) is 8.13. The van der Waals surface area contributed by atoms with Crippen LogP contribution < -0.4 is 19.5 Å². The lowest BCUT2D eigenvalue weighted by atomic mass is 9.67. The van der Waals surface area contributed by atoms with Crippen LogP contribution in [0, 0.1) is 5.41 Å². The van der Waals surface area contributed by atoms with Crippen LogP contribution in [-0.4, -0.2) is 45.7 Å². The van der Waals surface area contributed by atoms with E-state index in [4.69, 9.17) is 19.0 Å². The minimum Gasteiger partial charge on any atom is -0.493 e. The second kappa shape index (κ2) is 10.1. The maximum atomic E-state index is 5.66. The molecule has 0 amide bonds. The Kier molecular flexibility index (Phi) is 6.97. The zero-order valence-corrected chi connectivity index (χ0v) is 18.4. The summed E-state index contributed by atoms with van der Waals surface area (Å²) in [6.45, 7) is 2.00. The lowest BCUT2D eigenvalue weighted by molar-refractivity contribution is 0.104. The van der Waals surface area contributed by atoms with E-state index in [1.165, 1.54) is 12.0 Å². The number of nitrogens with one attached hydrogen (secondary N) is 1. The monoisotopic (exact) mass is 424 g/mol. The number of ether oxygens (including phenoxy) is 3. The number of para-hydroxylation sites is 1. The molecular formula is C25H32N2O4. The molecule has 1 saturated heterocycles. The summed E-state index contributed by atoms with van der Waals surface area (Å²) in [5.41, 5.74) is 2.69. The Bertz CT molecular complexity index is 886. The van der Waals surface area contributed by atoms with Gasteiger partial charge in [0.15, 0.2) is 18.1 Å². The summed E-state index contributed by atoms with van der Waals surface area (Å²) < 4.78 is 16.5. The third-order valence-corrected chi connectivity index (χ3v) is 6.49. The summed E-state index contributed by atoms with van der Waals surface area (Å²) in [5.74, 6) is 2.42. The standard InChI is InChI=1S/C25H32N2O4/c1-28-22-9-8-19(16-23(22)29-2)18-25-11-10-20(17-24(25)26-13-12-25)27-31-15-14-30-21-6-4-3-5-7-21/h3-9,16,24,26H,10-15,17-18H2,1-2H3/t24-,25+/m0/s1. The number of oxime groups is 1. The van der Waals surface area contributed by atoms with Gasteiger partial charge in [0.1, 0.15) is 12.4 Å². The van der Waals surface area contributed by atoms with Crippen molar-refractivity contribution < 1.29 is 19.0 Å². The summed E-state index contributed by atoms with van der Waals surface area (Å²) in [7, 11) is 3.36. The average Bonchev–Trinajstić information content (AvgIpc) is 3.22. The summed E-state index contributed by atoms with van der Waals surface area (Å²) >= 11 is 0. The Hall–Kier alpha value is -2.73. The lowest BCUT2D eigenvalue weighted by Crippen LogP contribution is -2.44. The van der Waals surface area contributed by atoms with E-state index in [9.17, 15) is 0 Å². The van der Waals surface area contributed by atoms with Crippen molar-refractivity contribution >= 4 is 5.71 Å². The van der Waals surface area contributed by atoms with Crippen LogP contribution in [0.4, 0.5) is 0 Å². The van der Waals surface area contributed by atoms with Gasteiger partial charge in [-0.2, -0.15) is 0 Å². The molecule has 2 aromatic rings. The predicted octanol–water partition coefficient (Wildman–Crippen LogP) is 4.23. The highest BCUT2D eigenvalue weighted by Gasteiger charge is 2.45. The molecule has 4 rings (SSSR count). The van der Waals surface area contributed by atoms with Crippen LogP contribution in [0.25, 0.3) is 0 Å². The van der Waals surface area contributed by atoms with Crippen molar-refractivity contribution in [3.63, 3.8) is 0 Å².